The Morgan fingerprint density at radius 2 is 1.00 bits per heavy atom. The Morgan fingerprint density at radius 3 is 1.86 bits per heavy atom. The molecule has 7 aromatic carbocycles. The van der Waals surface area contributed by atoms with Crippen molar-refractivity contribution in [1.29, 1.82) is 0 Å². The zero-order valence-corrected chi connectivity index (χ0v) is 27.8. The lowest BCUT2D eigenvalue weighted by molar-refractivity contribution is 0.668. The first-order valence-corrected chi connectivity index (χ1v) is 17.7. The SMILES string of the molecule is c1ccc(-c2nc(-c3ccc4oc5ccccc5c4c3)nc(-c3cc(-c4cccc5sc6ccccc6c45)cc4oc5ccccc5c34)n2)cc1. The normalized spacial score (nSPS) is 11.9. The molecule has 0 unspecified atom stereocenters. The summed E-state index contributed by atoms with van der Waals surface area (Å²) in [5.74, 6) is 1.77. The monoisotopic (exact) mass is 671 g/mol. The minimum Gasteiger partial charge on any atom is -0.456 e. The quantitative estimate of drug-likeness (QED) is 0.186. The number of benzene rings is 7. The van der Waals surface area contributed by atoms with Crippen LogP contribution < -0.4 is 0 Å². The Hall–Kier alpha value is -6.63. The second-order valence-corrected chi connectivity index (χ2v) is 13.8. The van der Waals surface area contributed by atoms with Gasteiger partial charge in [-0.1, -0.05) is 97.1 Å². The highest BCUT2D eigenvalue weighted by Gasteiger charge is 2.21. The highest BCUT2D eigenvalue weighted by atomic mass is 32.1. The van der Waals surface area contributed by atoms with Gasteiger partial charge in [0.2, 0.25) is 0 Å². The van der Waals surface area contributed by atoms with Gasteiger partial charge in [0, 0.05) is 58.4 Å². The number of thiophene rings is 1. The summed E-state index contributed by atoms with van der Waals surface area (Å²) in [5, 5.41) is 6.55. The van der Waals surface area contributed by atoms with Gasteiger partial charge in [0.1, 0.15) is 22.3 Å². The molecule has 0 saturated carbocycles. The van der Waals surface area contributed by atoms with Crippen LogP contribution in [0.25, 0.3) is 109 Å². The standard InChI is InChI=1S/C45H25N3O2S/c1-2-11-26(12-3-1)43-46-44(27-21-22-37-33(23-27)30-13-4-7-17-35(30)49-37)48-45(47-43)34-24-28(25-38-41(34)31-14-5-8-18-36(31)50-38)29-16-10-20-40-42(29)32-15-6-9-19-39(32)51-40/h1-25H. The van der Waals surface area contributed by atoms with Crippen LogP contribution >= 0.6 is 11.3 Å². The van der Waals surface area contributed by atoms with Gasteiger partial charge in [0.15, 0.2) is 17.5 Å². The van der Waals surface area contributed by atoms with Gasteiger partial charge in [-0.15, -0.1) is 11.3 Å². The van der Waals surface area contributed by atoms with E-state index in [0.29, 0.717) is 17.5 Å². The van der Waals surface area contributed by atoms with Crippen molar-refractivity contribution in [2.75, 3.05) is 0 Å². The third-order valence-electron chi connectivity index (χ3n) is 9.74. The highest BCUT2D eigenvalue weighted by molar-refractivity contribution is 7.25. The van der Waals surface area contributed by atoms with E-state index in [2.05, 4.69) is 72.8 Å². The fourth-order valence-corrected chi connectivity index (χ4v) is 8.54. The average Bonchev–Trinajstić information content (AvgIpc) is 3.88. The van der Waals surface area contributed by atoms with Gasteiger partial charge in [-0.25, -0.2) is 15.0 Å². The molecule has 6 heteroatoms. The van der Waals surface area contributed by atoms with Gasteiger partial charge in [0.25, 0.3) is 0 Å². The number of hydrogen-bond donors (Lipinski definition) is 0. The Bertz CT molecular complexity index is 3160. The highest BCUT2D eigenvalue weighted by Crippen LogP contribution is 2.44. The van der Waals surface area contributed by atoms with Gasteiger partial charge >= 0.3 is 0 Å². The van der Waals surface area contributed by atoms with Gasteiger partial charge < -0.3 is 8.83 Å². The molecule has 0 saturated heterocycles. The zero-order valence-electron chi connectivity index (χ0n) is 27.0. The van der Waals surface area contributed by atoms with Gasteiger partial charge in [-0.3, -0.25) is 0 Å². The number of para-hydroxylation sites is 2. The molecule has 0 bridgehead atoms. The summed E-state index contributed by atoms with van der Waals surface area (Å²) in [7, 11) is 0. The van der Waals surface area contributed by atoms with E-state index in [4.69, 9.17) is 23.8 Å². The third kappa shape index (κ3) is 4.43. The maximum Gasteiger partial charge on any atom is 0.164 e. The summed E-state index contributed by atoms with van der Waals surface area (Å²) in [5.41, 5.74) is 8.15. The molecule has 0 atom stereocenters. The fourth-order valence-electron chi connectivity index (χ4n) is 7.41. The smallest absolute Gasteiger partial charge is 0.164 e. The molecular weight excluding hydrogens is 647 g/mol. The van der Waals surface area contributed by atoms with Crippen LogP contribution in [0.15, 0.2) is 160 Å². The van der Waals surface area contributed by atoms with Gasteiger partial charge in [0.05, 0.1) is 0 Å². The molecular formula is C45H25N3O2S. The molecule has 0 fully saturated rings. The topological polar surface area (TPSA) is 65.0 Å². The number of furan rings is 2. The van der Waals surface area contributed by atoms with Crippen LogP contribution in [0.1, 0.15) is 0 Å². The molecule has 238 valence electrons. The molecule has 4 heterocycles. The zero-order chi connectivity index (χ0) is 33.5. The van der Waals surface area contributed by atoms with Gasteiger partial charge in [-0.05, 0) is 65.7 Å². The van der Waals surface area contributed by atoms with Crippen molar-refractivity contribution in [3.8, 4) is 45.3 Å². The van der Waals surface area contributed by atoms with E-state index < -0.39 is 0 Å². The summed E-state index contributed by atoms with van der Waals surface area (Å²) in [6.45, 7) is 0. The van der Waals surface area contributed by atoms with Crippen LogP contribution in [-0.2, 0) is 0 Å². The van der Waals surface area contributed by atoms with Crippen molar-refractivity contribution >= 4 is 75.4 Å². The van der Waals surface area contributed by atoms with Crippen LogP contribution in [0.4, 0.5) is 0 Å². The van der Waals surface area contributed by atoms with Crippen LogP contribution in [0.2, 0.25) is 0 Å². The molecule has 0 amide bonds. The first-order valence-electron chi connectivity index (χ1n) is 16.8. The summed E-state index contributed by atoms with van der Waals surface area (Å²) in [6.07, 6.45) is 0. The Morgan fingerprint density at radius 1 is 0.353 bits per heavy atom. The molecule has 0 aliphatic rings. The van der Waals surface area contributed by atoms with Crippen molar-refractivity contribution in [3.05, 3.63) is 152 Å². The Kier molecular flexibility index (Phi) is 6.05. The van der Waals surface area contributed by atoms with E-state index in [-0.39, 0.29) is 0 Å². The maximum atomic E-state index is 6.59. The predicted molar refractivity (Wildman–Crippen MR) is 209 cm³/mol. The predicted octanol–water partition coefficient (Wildman–Crippen LogP) is 12.7. The van der Waals surface area contributed by atoms with Crippen molar-refractivity contribution in [3.63, 3.8) is 0 Å². The van der Waals surface area contributed by atoms with Crippen molar-refractivity contribution < 1.29 is 8.83 Å². The molecule has 0 aliphatic carbocycles. The van der Waals surface area contributed by atoms with Gasteiger partial charge in [-0.2, -0.15) is 0 Å². The molecule has 0 N–H and O–H groups in total. The van der Waals surface area contributed by atoms with Crippen LogP contribution in [0.5, 0.6) is 0 Å². The second-order valence-electron chi connectivity index (χ2n) is 12.8. The molecule has 0 aliphatic heterocycles. The van der Waals surface area contributed by atoms with Crippen LogP contribution in [0, 0.1) is 0 Å². The number of hydrogen-bond acceptors (Lipinski definition) is 6. The van der Waals surface area contributed by atoms with E-state index in [9.17, 15) is 0 Å². The lowest BCUT2D eigenvalue weighted by atomic mass is 9.95. The van der Waals surface area contributed by atoms with Crippen molar-refractivity contribution in [1.82, 2.24) is 15.0 Å². The first kappa shape index (κ1) is 28.2. The van der Waals surface area contributed by atoms with Crippen molar-refractivity contribution in [2.45, 2.75) is 0 Å². The number of fused-ring (bicyclic) bond motifs is 9. The van der Waals surface area contributed by atoms with E-state index in [1.54, 1.807) is 0 Å². The van der Waals surface area contributed by atoms with E-state index in [1.807, 2.05) is 90.2 Å². The molecule has 0 radical (unpaired) electrons. The van der Waals surface area contributed by atoms with E-state index in [0.717, 1.165) is 71.7 Å². The Labute approximate surface area is 295 Å². The summed E-state index contributed by atoms with van der Waals surface area (Å²) in [4.78, 5) is 15.5. The molecule has 11 rings (SSSR count). The molecule has 5 nitrogen and oxygen atoms in total. The first-order chi connectivity index (χ1) is 25.2. The molecule has 0 spiro atoms. The summed E-state index contributed by atoms with van der Waals surface area (Å²) < 4.78 is 15.3. The molecule has 51 heavy (non-hydrogen) atoms. The third-order valence-corrected chi connectivity index (χ3v) is 10.9. The minimum atomic E-state index is 0.580. The fraction of sp³-hybridized carbons (Fsp3) is 0. The summed E-state index contributed by atoms with van der Waals surface area (Å²) >= 11 is 1.82. The number of nitrogens with zero attached hydrogens (tertiary/aromatic N) is 3. The Balaban J connectivity index is 1.21. The lowest BCUT2D eigenvalue weighted by Crippen LogP contribution is -2.00. The summed E-state index contributed by atoms with van der Waals surface area (Å²) in [6, 6.07) is 52.1. The van der Waals surface area contributed by atoms with Crippen molar-refractivity contribution in [2.24, 2.45) is 0 Å². The molecule has 4 aromatic heterocycles. The van der Waals surface area contributed by atoms with E-state index >= 15 is 0 Å². The maximum absolute atomic E-state index is 6.59. The second kappa shape index (κ2) is 10.9. The van der Waals surface area contributed by atoms with E-state index in [1.165, 1.54) is 20.2 Å². The number of aromatic nitrogens is 3. The lowest BCUT2D eigenvalue weighted by Gasteiger charge is -2.12. The molecule has 11 aromatic rings. The van der Waals surface area contributed by atoms with Crippen LogP contribution in [-0.4, -0.2) is 15.0 Å². The minimum absolute atomic E-state index is 0.580. The average molecular weight is 672 g/mol. The van der Waals surface area contributed by atoms with Crippen LogP contribution in [0.3, 0.4) is 0 Å². The largest absolute Gasteiger partial charge is 0.456 e. The number of rotatable bonds is 4.